The maximum atomic E-state index is 4.88. The van der Waals surface area contributed by atoms with Gasteiger partial charge in [0.15, 0.2) is 5.82 Å². The highest BCUT2D eigenvalue weighted by Crippen LogP contribution is 2.30. The number of benzene rings is 2. The Balaban J connectivity index is 1.78. The number of fused-ring (bicyclic) bond motifs is 1. The molecule has 1 heterocycles. The molecule has 3 aromatic rings. The average molecular weight is 317 g/mol. The van der Waals surface area contributed by atoms with Gasteiger partial charge in [-0.1, -0.05) is 62.2 Å². The van der Waals surface area contributed by atoms with Crippen LogP contribution in [0.4, 0.5) is 5.82 Å². The molecule has 1 aliphatic carbocycles. The minimum atomic E-state index is 0.501. The van der Waals surface area contributed by atoms with Crippen LogP contribution in [0.2, 0.25) is 0 Å². The standard InChI is InChI=1S/C21H23N3/c1-15-9-5-7-13-18(15)22-21-17-12-6-8-14-19(17)23-20(24-21)16-10-3-2-4-11-16/h2-4,6,8,10-12,14-15,18H,5,7,9,13H2,1H3,(H,22,23,24)/t15-,18+/m0/s1. The van der Waals surface area contributed by atoms with Gasteiger partial charge in [-0.15, -0.1) is 0 Å². The van der Waals surface area contributed by atoms with E-state index in [0.717, 1.165) is 28.1 Å². The number of anilines is 1. The molecule has 0 radical (unpaired) electrons. The van der Waals surface area contributed by atoms with E-state index in [4.69, 9.17) is 9.97 Å². The number of aromatic nitrogens is 2. The molecule has 1 saturated carbocycles. The minimum absolute atomic E-state index is 0.501. The third-order valence-corrected chi connectivity index (χ3v) is 5.07. The maximum absolute atomic E-state index is 4.88. The molecule has 2 atom stereocenters. The molecule has 4 rings (SSSR count). The fourth-order valence-corrected chi connectivity index (χ4v) is 3.61. The number of nitrogens with zero attached hydrogens (tertiary/aromatic N) is 2. The van der Waals surface area contributed by atoms with Crippen molar-refractivity contribution in [2.45, 2.75) is 38.6 Å². The van der Waals surface area contributed by atoms with Crippen molar-refractivity contribution in [1.29, 1.82) is 0 Å². The van der Waals surface area contributed by atoms with Crippen LogP contribution in [0.5, 0.6) is 0 Å². The molecule has 3 heteroatoms. The second-order valence-electron chi connectivity index (χ2n) is 6.79. The highest BCUT2D eigenvalue weighted by molar-refractivity contribution is 5.90. The third-order valence-electron chi connectivity index (χ3n) is 5.07. The number of para-hydroxylation sites is 1. The summed E-state index contributed by atoms with van der Waals surface area (Å²) in [6.45, 7) is 2.35. The highest BCUT2D eigenvalue weighted by Gasteiger charge is 2.22. The van der Waals surface area contributed by atoms with Crippen LogP contribution in [0.1, 0.15) is 32.6 Å². The molecular formula is C21H23N3. The van der Waals surface area contributed by atoms with Gasteiger partial charge in [0.2, 0.25) is 0 Å². The molecule has 1 fully saturated rings. The molecule has 0 aliphatic heterocycles. The SMILES string of the molecule is C[C@H]1CCCC[C@H]1Nc1nc(-c2ccccc2)nc2ccccc12. The molecule has 122 valence electrons. The van der Waals surface area contributed by atoms with E-state index in [-0.39, 0.29) is 0 Å². The zero-order valence-electron chi connectivity index (χ0n) is 14.1. The van der Waals surface area contributed by atoms with Crippen LogP contribution in [0.25, 0.3) is 22.3 Å². The molecule has 1 aromatic heterocycles. The highest BCUT2D eigenvalue weighted by atomic mass is 15.1. The summed E-state index contributed by atoms with van der Waals surface area (Å²) < 4.78 is 0. The summed E-state index contributed by atoms with van der Waals surface area (Å²) in [5, 5.41) is 4.84. The van der Waals surface area contributed by atoms with E-state index in [1.165, 1.54) is 25.7 Å². The van der Waals surface area contributed by atoms with Gasteiger partial charge in [0.1, 0.15) is 5.82 Å². The van der Waals surface area contributed by atoms with Crippen LogP contribution in [-0.4, -0.2) is 16.0 Å². The first-order chi connectivity index (χ1) is 11.8. The first kappa shape index (κ1) is 15.1. The van der Waals surface area contributed by atoms with Crippen molar-refractivity contribution < 1.29 is 0 Å². The van der Waals surface area contributed by atoms with Crippen molar-refractivity contribution in [3.63, 3.8) is 0 Å². The Labute approximate surface area is 143 Å². The molecule has 2 aromatic carbocycles. The van der Waals surface area contributed by atoms with Crippen LogP contribution in [0.15, 0.2) is 54.6 Å². The van der Waals surface area contributed by atoms with Crippen LogP contribution in [-0.2, 0) is 0 Å². The number of hydrogen-bond donors (Lipinski definition) is 1. The summed E-state index contributed by atoms with van der Waals surface area (Å²) in [6.07, 6.45) is 5.17. The second kappa shape index (κ2) is 6.60. The summed E-state index contributed by atoms with van der Waals surface area (Å²) in [7, 11) is 0. The largest absolute Gasteiger partial charge is 0.366 e. The van der Waals surface area contributed by atoms with E-state index in [1.807, 2.05) is 24.3 Å². The van der Waals surface area contributed by atoms with E-state index in [2.05, 4.69) is 42.6 Å². The van der Waals surface area contributed by atoms with Crippen molar-refractivity contribution >= 4 is 16.7 Å². The smallest absolute Gasteiger partial charge is 0.162 e. The predicted octanol–water partition coefficient (Wildman–Crippen LogP) is 5.29. The lowest BCUT2D eigenvalue weighted by atomic mass is 9.86. The number of hydrogen-bond acceptors (Lipinski definition) is 3. The van der Waals surface area contributed by atoms with Crippen LogP contribution in [0.3, 0.4) is 0 Å². The molecule has 0 amide bonds. The van der Waals surface area contributed by atoms with Gasteiger partial charge < -0.3 is 5.32 Å². The second-order valence-corrected chi connectivity index (χ2v) is 6.79. The lowest BCUT2D eigenvalue weighted by molar-refractivity contribution is 0.349. The summed E-state index contributed by atoms with van der Waals surface area (Å²) >= 11 is 0. The Kier molecular flexibility index (Phi) is 4.16. The fraction of sp³-hybridized carbons (Fsp3) is 0.333. The van der Waals surface area contributed by atoms with Gasteiger partial charge in [0, 0.05) is 17.0 Å². The zero-order chi connectivity index (χ0) is 16.4. The normalized spacial score (nSPS) is 20.9. The topological polar surface area (TPSA) is 37.8 Å². The van der Waals surface area contributed by atoms with Gasteiger partial charge in [-0.25, -0.2) is 9.97 Å². The summed E-state index contributed by atoms with van der Waals surface area (Å²) in [5.41, 5.74) is 2.06. The monoisotopic (exact) mass is 317 g/mol. The Bertz CT molecular complexity index is 829. The van der Waals surface area contributed by atoms with Gasteiger partial charge in [-0.3, -0.25) is 0 Å². The van der Waals surface area contributed by atoms with Crippen molar-refractivity contribution in [2.24, 2.45) is 5.92 Å². The Morgan fingerprint density at radius 1 is 0.875 bits per heavy atom. The molecule has 0 spiro atoms. The fourth-order valence-electron chi connectivity index (χ4n) is 3.61. The molecule has 3 nitrogen and oxygen atoms in total. The molecule has 24 heavy (non-hydrogen) atoms. The van der Waals surface area contributed by atoms with Crippen LogP contribution in [0, 0.1) is 5.92 Å². The number of nitrogens with one attached hydrogen (secondary N) is 1. The van der Waals surface area contributed by atoms with Gasteiger partial charge in [-0.05, 0) is 30.9 Å². The van der Waals surface area contributed by atoms with Crippen LogP contribution >= 0.6 is 0 Å². The Morgan fingerprint density at radius 3 is 2.46 bits per heavy atom. The summed E-state index contributed by atoms with van der Waals surface area (Å²) in [4.78, 5) is 9.64. The van der Waals surface area contributed by atoms with E-state index < -0.39 is 0 Å². The summed E-state index contributed by atoms with van der Waals surface area (Å²) in [5.74, 6) is 2.45. The maximum Gasteiger partial charge on any atom is 0.162 e. The third kappa shape index (κ3) is 2.99. The minimum Gasteiger partial charge on any atom is -0.366 e. The Hall–Kier alpha value is -2.42. The Morgan fingerprint density at radius 2 is 1.62 bits per heavy atom. The van der Waals surface area contributed by atoms with Gasteiger partial charge in [0.25, 0.3) is 0 Å². The predicted molar refractivity (Wildman–Crippen MR) is 100 cm³/mol. The molecule has 1 aliphatic rings. The zero-order valence-corrected chi connectivity index (χ0v) is 14.1. The molecule has 0 unspecified atom stereocenters. The van der Waals surface area contributed by atoms with E-state index in [0.29, 0.717) is 12.0 Å². The van der Waals surface area contributed by atoms with Crippen molar-refractivity contribution in [3.05, 3.63) is 54.6 Å². The molecular weight excluding hydrogens is 294 g/mol. The van der Waals surface area contributed by atoms with Gasteiger partial charge in [0.05, 0.1) is 5.52 Å². The van der Waals surface area contributed by atoms with Crippen molar-refractivity contribution in [1.82, 2.24) is 9.97 Å². The quantitative estimate of drug-likeness (QED) is 0.713. The van der Waals surface area contributed by atoms with Gasteiger partial charge >= 0.3 is 0 Å². The molecule has 0 saturated heterocycles. The average Bonchev–Trinajstić information content (AvgIpc) is 2.64. The van der Waals surface area contributed by atoms with Crippen LogP contribution < -0.4 is 5.32 Å². The van der Waals surface area contributed by atoms with Crippen molar-refractivity contribution in [2.75, 3.05) is 5.32 Å². The van der Waals surface area contributed by atoms with E-state index >= 15 is 0 Å². The molecule has 1 N–H and O–H groups in total. The van der Waals surface area contributed by atoms with Gasteiger partial charge in [-0.2, -0.15) is 0 Å². The van der Waals surface area contributed by atoms with Crippen molar-refractivity contribution in [3.8, 4) is 11.4 Å². The first-order valence-corrected chi connectivity index (χ1v) is 8.90. The summed E-state index contributed by atoms with van der Waals surface area (Å²) in [6, 6.07) is 19.0. The lowest BCUT2D eigenvalue weighted by Gasteiger charge is -2.30. The molecule has 0 bridgehead atoms. The number of rotatable bonds is 3. The first-order valence-electron chi connectivity index (χ1n) is 8.90. The van der Waals surface area contributed by atoms with E-state index in [9.17, 15) is 0 Å². The lowest BCUT2D eigenvalue weighted by Crippen LogP contribution is -2.30. The van der Waals surface area contributed by atoms with E-state index in [1.54, 1.807) is 0 Å².